The molecule has 0 bridgehead atoms. The number of aromatic amines is 1. The summed E-state index contributed by atoms with van der Waals surface area (Å²) in [4.78, 5) is 3.28. The van der Waals surface area contributed by atoms with Gasteiger partial charge in [-0.1, -0.05) is 0 Å². The van der Waals surface area contributed by atoms with Gasteiger partial charge in [-0.25, -0.2) is 0 Å². The van der Waals surface area contributed by atoms with Crippen LogP contribution in [0.2, 0.25) is 0 Å². The van der Waals surface area contributed by atoms with Gasteiger partial charge < -0.3 is 15.5 Å². The normalized spacial score (nSPS) is 10.8. The van der Waals surface area contributed by atoms with Crippen molar-refractivity contribution >= 4 is 16.6 Å². The van der Waals surface area contributed by atoms with Crippen molar-refractivity contribution in [2.24, 2.45) is 0 Å². The Balaban J connectivity index is 2.86. The number of nitrogens with one attached hydrogen (secondary N) is 1. The molecule has 0 spiro atoms. The molecular weight excluding hydrogens is 176 g/mol. The van der Waals surface area contributed by atoms with E-state index in [1.165, 1.54) is 5.56 Å². The van der Waals surface area contributed by atoms with Crippen molar-refractivity contribution < 1.29 is 4.74 Å². The highest BCUT2D eigenvalue weighted by Gasteiger charge is 2.10. The van der Waals surface area contributed by atoms with Crippen LogP contribution in [0.3, 0.4) is 0 Å². The molecule has 0 unspecified atom stereocenters. The molecule has 1 heterocycles. The summed E-state index contributed by atoms with van der Waals surface area (Å²) < 4.78 is 5.18. The first-order chi connectivity index (χ1) is 6.65. The molecule has 1 aromatic carbocycles. The van der Waals surface area contributed by atoms with E-state index in [2.05, 4.69) is 11.9 Å². The molecule has 0 atom stereocenters. The smallest absolute Gasteiger partial charge is 0.142 e. The predicted molar refractivity (Wildman–Crippen MR) is 58.7 cm³/mol. The monoisotopic (exact) mass is 190 g/mol. The molecule has 0 aliphatic rings. The van der Waals surface area contributed by atoms with E-state index >= 15 is 0 Å². The molecular formula is C11H14N2O. The largest absolute Gasteiger partial charge is 0.495 e. The second kappa shape index (κ2) is 2.94. The fourth-order valence-electron chi connectivity index (χ4n) is 1.77. The molecule has 0 fully saturated rings. The number of aryl methyl sites for hydroxylation is 2. The van der Waals surface area contributed by atoms with Crippen LogP contribution in [0.25, 0.3) is 10.9 Å². The van der Waals surface area contributed by atoms with Gasteiger partial charge in [0.25, 0.3) is 0 Å². The van der Waals surface area contributed by atoms with Gasteiger partial charge in [0.05, 0.1) is 12.8 Å². The lowest BCUT2D eigenvalue weighted by Crippen LogP contribution is -1.93. The van der Waals surface area contributed by atoms with Gasteiger partial charge in [-0.2, -0.15) is 0 Å². The van der Waals surface area contributed by atoms with Crippen LogP contribution in [0.15, 0.2) is 12.1 Å². The van der Waals surface area contributed by atoms with Crippen molar-refractivity contribution in [3.63, 3.8) is 0 Å². The topological polar surface area (TPSA) is 51.0 Å². The molecule has 3 N–H and O–H groups in total. The number of nitrogen functional groups attached to an aromatic ring is 1. The van der Waals surface area contributed by atoms with E-state index in [-0.39, 0.29) is 0 Å². The standard InChI is InChI=1S/C11H14N2O/c1-6-7(2)13-8-4-5-9(14-3)11(12)10(6)8/h4-5,13H,12H2,1-3H3. The second-order valence-electron chi connectivity index (χ2n) is 3.48. The number of methoxy groups -OCH3 is 1. The molecule has 0 aliphatic heterocycles. The molecule has 14 heavy (non-hydrogen) atoms. The lowest BCUT2D eigenvalue weighted by Gasteiger charge is -2.05. The van der Waals surface area contributed by atoms with Gasteiger partial charge in [0.2, 0.25) is 0 Å². The molecule has 3 heteroatoms. The van der Waals surface area contributed by atoms with Crippen molar-refractivity contribution in [3.05, 3.63) is 23.4 Å². The van der Waals surface area contributed by atoms with Crippen molar-refractivity contribution in [1.29, 1.82) is 0 Å². The average Bonchev–Trinajstić information content (AvgIpc) is 2.44. The SMILES string of the molecule is COc1ccc2[nH]c(C)c(C)c2c1N. The fraction of sp³-hybridized carbons (Fsp3) is 0.273. The summed E-state index contributed by atoms with van der Waals surface area (Å²) >= 11 is 0. The van der Waals surface area contributed by atoms with Gasteiger partial charge >= 0.3 is 0 Å². The third-order valence-corrected chi connectivity index (χ3v) is 2.69. The van der Waals surface area contributed by atoms with Crippen LogP contribution in [-0.4, -0.2) is 12.1 Å². The molecule has 74 valence electrons. The van der Waals surface area contributed by atoms with Crippen LogP contribution in [0.1, 0.15) is 11.3 Å². The van der Waals surface area contributed by atoms with E-state index in [0.29, 0.717) is 5.69 Å². The Bertz CT molecular complexity index is 485. The summed E-state index contributed by atoms with van der Waals surface area (Å²) in [6.07, 6.45) is 0. The Morgan fingerprint density at radius 3 is 2.64 bits per heavy atom. The maximum Gasteiger partial charge on any atom is 0.142 e. The number of nitrogens with two attached hydrogens (primary N) is 1. The highest BCUT2D eigenvalue weighted by Crippen LogP contribution is 2.33. The van der Waals surface area contributed by atoms with E-state index in [0.717, 1.165) is 22.3 Å². The minimum absolute atomic E-state index is 0.715. The van der Waals surface area contributed by atoms with Crippen LogP contribution in [0.5, 0.6) is 5.75 Å². The number of H-pyrrole nitrogens is 1. The Labute approximate surface area is 82.9 Å². The average molecular weight is 190 g/mol. The van der Waals surface area contributed by atoms with Crippen LogP contribution >= 0.6 is 0 Å². The van der Waals surface area contributed by atoms with Gasteiger partial charge in [0.1, 0.15) is 5.75 Å². The molecule has 3 nitrogen and oxygen atoms in total. The highest BCUT2D eigenvalue weighted by molar-refractivity contribution is 5.97. The molecule has 2 aromatic rings. The highest BCUT2D eigenvalue weighted by atomic mass is 16.5. The number of anilines is 1. The summed E-state index contributed by atoms with van der Waals surface area (Å²) in [5.74, 6) is 0.736. The Morgan fingerprint density at radius 2 is 2.00 bits per heavy atom. The summed E-state index contributed by atoms with van der Waals surface area (Å²) in [5, 5.41) is 1.07. The summed E-state index contributed by atoms with van der Waals surface area (Å²) in [6, 6.07) is 3.87. The third-order valence-electron chi connectivity index (χ3n) is 2.69. The number of rotatable bonds is 1. The lowest BCUT2D eigenvalue weighted by molar-refractivity contribution is 0.417. The maximum absolute atomic E-state index is 6.00. The first kappa shape index (κ1) is 8.94. The maximum atomic E-state index is 6.00. The van der Waals surface area contributed by atoms with Gasteiger partial charge in [0.15, 0.2) is 0 Å². The van der Waals surface area contributed by atoms with Crippen LogP contribution in [0, 0.1) is 13.8 Å². The zero-order valence-electron chi connectivity index (χ0n) is 8.64. The van der Waals surface area contributed by atoms with E-state index in [4.69, 9.17) is 10.5 Å². The van der Waals surface area contributed by atoms with Crippen molar-refractivity contribution in [3.8, 4) is 5.75 Å². The van der Waals surface area contributed by atoms with Crippen LogP contribution < -0.4 is 10.5 Å². The predicted octanol–water partition coefficient (Wildman–Crippen LogP) is 2.38. The van der Waals surface area contributed by atoms with E-state index in [9.17, 15) is 0 Å². The van der Waals surface area contributed by atoms with E-state index in [1.807, 2.05) is 19.1 Å². The van der Waals surface area contributed by atoms with Gasteiger partial charge in [0, 0.05) is 16.6 Å². The van der Waals surface area contributed by atoms with Crippen molar-refractivity contribution in [2.45, 2.75) is 13.8 Å². The van der Waals surface area contributed by atoms with Crippen LogP contribution in [-0.2, 0) is 0 Å². The molecule has 0 amide bonds. The minimum atomic E-state index is 0.715. The molecule has 2 rings (SSSR count). The number of aromatic nitrogens is 1. The quantitative estimate of drug-likeness (QED) is 0.678. The Kier molecular flexibility index (Phi) is 1.88. The molecule has 0 radical (unpaired) electrons. The van der Waals surface area contributed by atoms with Gasteiger partial charge in [-0.05, 0) is 31.5 Å². The van der Waals surface area contributed by atoms with Crippen LogP contribution in [0.4, 0.5) is 5.69 Å². The first-order valence-corrected chi connectivity index (χ1v) is 4.56. The fourth-order valence-corrected chi connectivity index (χ4v) is 1.77. The minimum Gasteiger partial charge on any atom is -0.495 e. The van der Waals surface area contributed by atoms with Crippen molar-refractivity contribution in [1.82, 2.24) is 4.98 Å². The summed E-state index contributed by atoms with van der Waals surface area (Å²) in [7, 11) is 1.63. The van der Waals surface area contributed by atoms with E-state index < -0.39 is 0 Å². The van der Waals surface area contributed by atoms with E-state index in [1.54, 1.807) is 7.11 Å². The van der Waals surface area contributed by atoms with Gasteiger partial charge in [-0.15, -0.1) is 0 Å². The zero-order valence-corrected chi connectivity index (χ0v) is 8.64. The molecule has 1 aromatic heterocycles. The van der Waals surface area contributed by atoms with Crippen molar-refractivity contribution in [2.75, 3.05) is 12.8 Å². The zero-order chi connectivity index (χ0) is 10.3. The number of hydrogen-bond donors (Lipinski definition) is 2. The first-order valence-electron chi connectivity index (χ1n) is 4.56. The molecule has 0 saturated heterocycles. The summed E-state index contributed by atoms with van der Waals surface area (Å²) in [6.45, 7) is 4.10. The second-order valence-corrected chi connectivity index (χ2v) is 3.48. The number of benzene rings is 1. The third kappa shape index (κ3) is 1.05. The lowest BCUT2D eigenvalue weighted by atomic mass is 10.1. The number of hydrogen-bond acceptors (Lipinski definition) is 2. The van der Waals surface area contributed by atoms with Gasteiger partial charge in [-0.3, -0.25) is 0 Å². The number of ether oxygens (including phenoxy) is 1. The number of fused-ring (bicyclic) bond motifs is 1. The molecule has 0 saturated carbocycles. The molecule has 0 aliphatic carbocycles. The Morgan fingerprint density at radius 1 is 1.29 bits per heavy atom. The summed E-state index contributed by atoms with van der Waals surface area (Å²) in [5.41, 5.74) is 10.1. The Hall–Kier alpha value is -1.64.